The van der Waals surface area contributed by atoms with Crippen LogP contribution < -0.4 is 0 Å². The molecule has 1 unspecified atom stereocenters. The van der Waals surface area contributed by atoms with Gasteiger partial charge in [-0.3, -0.25) is 0 Å². The highest BCUT2D eigenvalue weighted by Crippen LogP contribution is 2.61. The van der Waals surface area contributed by atoms with Crippen molar-refractivity contribution in [3.05, 3.63) is 70.8 Å². The van der Waals surface area contributed by atoms with E-state index in [1.54, 1.807) is 12.1 Å². The average molecular weight is 330 g/mol. The standard InChI is InChI=1S/C18H18O6/c19-9-14(20)16(22)11-5-7-12(8-6-11)17(23)15(21)10-1-3-13(4-2-10)18(16,17)24/h1-8,14-15,19-24H,9H2/t14-,15?,16+,17+,18-/m0/s1. The van der Waals surface area contributed by atoms with Crippen LogP contribution in [0, 0.1) is 0 Å². The van der Waals surface area contributed by atoms with Gasteiger partial charge < -0.3 is 30.6 Å². The number of benzene rings is 2. The summed E-state index contributed by atoms with van der Waals surface area (Å²) in [6.45, 7) is -0.844. The van der Waals surface area contributed by atoms with Crippen LogP contribution >= 0.6 is 0 Å². The molecular weight excluding hydrogens is 312 g/mol. The van der Waals surface area contributed by atoms with Gasteiger partial charge in [-0.2, -0.15) is 0 Å². The van der Waals surface area contributed by atoms with E-state index in [1.165, 1.54) is 36.4 Å². The normalized spacial score (nSPS) is 37.7. The molecule has 2 aromatic rings. The molecule has 0 fully saturated rings. The molecule has 0 heterocycles. The molecule has 24 heavy (non-hydrogen) atoms. The first kappa shape index (κ1) is 15.7. The zero-order chi connectivity index (χ0) is 17.3. The summed E-state index contributed by atoms with van der Waals surface area (Å²) in [7, 11) is 0. The number of aliphatic hydroxyl groups excluding tert-OH is 3. The first-order chi connectivity index (χ1) is 11.3. The molecule has 0 aromatic heterocycles. The van der Waals surface area contributed by atoms with Crippen molar-refractivity contribution in [3.63, 3.8) is 0 Å². The zero-order valence-electron chi connectivity index (χ0n) is 12.7. The zero-order valence-corrected chi connectivity index (χ0v) is 12.7. The van der Waals surface area contributed by atoms with Gasteiger partial charge in [0.25, 0.3) is 0 Å². The van der Waals surface area contributed by atoms with Crippen molar-refractivity contribution < 1.29 is 30.6 Å². The minimum atomic E-state index is -2.48. The molecule has 0 saturated heterocycles. The summed E-state index contributed by atoms with van der Waals surface area (Å²) in [5.74, 6) is 0. The highest BCUT2D eigenvalue weighted by Gasteiger charge is 2.71. The molecule has 4 aliphatic rings. The largest absolute Gasteiger partial charge is 0.394 e. The van der Waals surface area contributed by atoms with E-state index >= 15 is 0 Å². The second kappa shape index (κ2) is 4.64. The van der Waals surface area contributed by atoms with Crippen LogP contribution in [0.25, 0.3) is 0 Å². The lowest BCUT2D eigenvalue weighted by Crippen LogP contribution is -2.67. The molecule has 5 atom stereocenters. The third-order valence-corrected chi connectivity index (χ3v) is 5.56. The maximum atomic E-state index is 11.7. The predicted molar refractivity (Wildman–Crippen MR) is 82.6 cm³/mol. The number of hydrogen-bond donors (Lipinski definition) is 6. The SMILES string of the molecule is OC[C@H](O)[C@]1(O)c2ccc(cc2)[C@@]2(O)C(O)c3ccc(cc3)[C@@]21O. The highest BCUT2D eigenvalue weighted by atomic mass is 16.4. The summed E-state index contributed by atoms with van der Waals surface area (Å²) in [5, 5.41) is 65.3. The minimum absolute atomic E-state index is 0.128. The van der Waals surface area contributed by atoms with Gasteiger partial charge in [-0.1, -0.05) is 48.5 Å². The van der Waals surface area contributed by atoms with Crippen molar-refractivity contribution in [1.29, 1.82) is 0 Å². The van der Waals surface area contributed by atoms with Crippen molar-refractivity contribution in [2.45, 2.75) is 29.0 Å². The van der Waals surface area contributed by atoms with Crippen LogP contribution in [0.5, 0.6) is 0 Å². The Morgan fingerprint density at radius 3 is 1.88 bits per heavy atom. The number of fused-ring (bicyclic) bond motifs is 4. The molecule has 0 saturated carbocycles. The average Bonchev–Trinajstić information content (AvgIpc) is 2.83. The Kier molecular flexibility index (Phi) is 3.03. The summed E-state index contributed by atoms with van der Waals surface area (Å²) < 4.78 is 0. The van der Waals surface area contributed by atoms with Crippen LogP contribution in [0.2, 0.25) is 0 Å². The molecule has 0 radical (unpaired) electrons. The maximum absolute atomic E-state index is 11.7. The van der Waals surface area contributed by atoms with E-state index in [0.717, 1.165) is 0 Å². The summed E-state index contributed by atoms with van der Waals surface area (Å²) in [5.41, 5.74) is -6.42. The molecule has 6 rings (SSSR count). The molecule has 4 bridgehead atoms. The van der Waals surface area contributed by atoms with E-state index in [4.69, 9.17) is 0 Å². The first-order valence-corrected chi connectivity index (χ1v) is 7.67. The fourth-order valence-electron chi connectivity index (χ4n) is 4.20. The van der Waals surface area contributed by atoms with Crippen LogP contribution in [0.1, 0.15) is 28.4 Å². The molecule has 6 N–H and O–H groups in total. The number of rotatable bonds is 2. The van der Waals surface area contributed by atoms with E-state index in [-0.39, 0.29) is 16.7 Å². The summed E-state index contributed by atoms with van der Waals surface area (Å²) in [6.07, 6.45) is -3.34. The Morgan fingerprint density at radius 2 is 1.33 bits per heavy atom. The van der Waals surface area contributed by atoms with Gasteiger partial charge in [0.05, 0.1) is 6.61 Å². The summed E-state index contributed by atoms with van der Waals surface area (Å²) in [6, 6.07) is 11.9. The van der Waals surface area contributed by atoms with Gasteiger partial charge in [0.2, 0.25) is 0 Å². The third kappa shape index (κ3) is 1.43. The van der Waals surface area contributed by atoms with Gasteiger partial charge in [-0.25, -0.2) is 0 Å². The van der Waals surface area contributed by atoms with Crippen molar-refractivity contribution >= 4 is 0 Å². The van der Waals surface area contributed by atoms with E-state index in [2.05, 4.69) is 0 Å². The van der Waals surface area contributed by atoms with Crippen molar-refractivity contribution in [2.75, 3.05) is 6.61 Å². The van der Waals surface area contributed by atoms with Gasteiger partial charge in [0, 0.05) is 0 Å². The highest BCUT2D eigenvalue weighted by molar-refractivity contribution is 5.51. The second-order valence-electron chi connectivity index (χ2n) is 6.54. The first-order valence-electron chi connectivity index (χ1n) is 7.67. The molecular formula is C18H18O6. The Bertz CT molecular complexity index is 788. The smallest absolute Gasteiger partial charge is 0.161 e. The van der Waals surface area contributed by atoms with Crippen molar-refractivity contribution in [3.8, 4) is 0 Å². The molecule has 0 aliphatic heterocycles. The minimum Gasteiger partial charge on any atom is -0.394 e. The molecule has 6 heteroatoms. The fraction of sp³-hybridized carbons (Fsp3) is 0.333. The van der Waals surface area contributed by atoms with E-state index in [1.807, 2.05) is 0 Å². The van der Waals surface area contributed by atoms with Gasteiger partial charge in [-0.05, 0) is 22.3 Å². The quantitative estimate of drug-likeness (QED) is 0.436. The predicted octanol–water partition coefficient (Wildman–Crippen LogP) is -0.637. The lowest BCUT2D eigenvalue weighted by molar-refractivity contribution is -0.316. The van der Waals surface area contributed by atoms with Crippen LogP contribution in [0.4, 0.5) is 0 Å². The number of hydrogen-bond acceptors (Lipinski definition) is 6. The monoisotopic (exact) mass is 330 g/mol. The van der Waals surface area contributed by atoms with Crippen LogP contribution in [-0.4, -0.2) is 43.4 Å². The van der Waals surface area contributed by atoms with Gasteiger partial charge in [0.15, 0.2) is 16.8 Å². The number of aliphatic hydroxyl groups is 6. The Labute approximate surface area is 137 Å². The van der Waals surface area contributed by atoms with E-state index in [9.17, 15) is 30.6 Å². The molecule has 126 valence electrons. The Hall–Kier alpha value is -1.80. The van der Waals surface area contributed by atoms with Gasteiger partial charge >= 0.3 is 0 Å². The molecule has 0 spiro atoms. The molecule has 6 nitrogen and oxygen atoms in total. The van der Waals surface area contributed by atoms with E-state index in [0.29, 0.717) is 5.56 Å². The van der Waals surface area contributed by atoms with Crippen molar-refractivity contribution in [1.82, 2.24) is 0 Å². The molecule has 0 amide bonds. The molecule has 2 aromatic carbocycles. The van der Waals surface area contributed by atoms with Gasteiger partial charge in [-0.15, -0.1) is 0 Å². The van der Waals surface area contributed by atoms with Crippen LogP contribution in [0.3, 0.4) is 0 Å². The van der Waals surface area contributed by atoms with Gasteiger partial charge in [0.1, 0.15) is 12.2 Å². The maximum Gasteiger partial charge on any atom is 0.161 e. The fourth-order valence-corrected chi connectivity index (χ4v) is 4.20. The Balaban J connectivity index is 2.16. The van der Waals surface area contributed by atoms with E-state index < -0.39 is 35.6 Å². The third-order valence-electron chi connectivity index (χ3n) is 5.56. The van der Waals surface area contributed by atoms with Crippen LogP contribution in [-0.2, 0) is 16.8 Å². The summed E-state index contributed by atoms with van der Waals surface area (Å²) in [4.78, 5) is 0. The Morgan fingerprint density at radius 1 is 0.833 bits per heavy atom. The topological polar surface area (TPSA) is 121 Å². The summed E-state index contributed by atoms with van der Waals surface area (Å²) >= 11 is 0. The van der Waals surface area contributed by atoms with Crippen molar-refractivity contribution in [2.24, 2.45) is 0 Å². The lowest BCUT2D eigenvalue weighted by atomic mass is 9.62. The molecule has 4 aliphatic carbocycles. The van der Waals surface area contributed by atoms with Crippen LogP contribution in [0.15, 0.2) is 48.5 Å². The lowest BCUT2D eigenvalue weighted by Gasteiger charge is -2.52. The second-order valence-corrected chi connectivity index (χ2v) is 6.54.